The molecule has 0 heterocycles. The number of hydrogen-bond acceptors (Lipinski definition) is 4. The van der Waals surface area contributed by atoms with Crippen molar-refractivity contribution in [1.82, 2.24) is 0 Å². The van der Waals surface area contributed by atoms with Crippen LogP contribution in [0.25, 0.3) is 0 Å². The Balaban J connectivity index is 3.49. The molecular formula is C6H13NO2S. The van der Waals surface area contributed by atoms with E-state index < -0.39 is 6.04 Å². The largest absolute Gasteiger partial charge is 0.465 e. The van der Waals surface area contributed by atoms with Crippen molar-refractivity contribution in [3.05, 3.63) is 0 Å². The second-order valence-corrected chi connectivity index (χ2v) is 2.32. The third-order valence-corrected chi connectivity index (χ3v) is 1.29. The van der Waals surface area contributed by atoms with E-state index in [1.165, 1.54) is 0 Å². The number of ether oxygens (including phenoxy) is 1. The molecule has 0 fully saturated rings. The maximum atomic E-state index is 10.8. The van der Waals surface area contributed by atoms with E-state index in [4.69, 9.17) is 5.73 Å². The summed E-state index contributed by atoms with van der Waals surface area (Å²) in [6.07, 6.45) is 0.571. The van der Waals surface area contributed by atoms with Crippen molar-refractivity contribution in [2.45, 2.75) is 19.4 Å². The first-order valence-electron chi connectivity index (χ1n) is 3.25. The summed E-state index contributed by atoms with van der Waals surface area (Å²) in [6.45, 7) is 2.14. The van der Waals surface area contributed by atoms with Crippen LogP contribution in [0.5, 0.6) is 0 Å². The summed E-state index contributed by atoms with van der Waals surface area (Å²) in [6, 6.07) is -0.502. The first-order chi connectivity index (χ1) is 4.72. The molecule has 0 rings (SSSR count). The lowest BCUT2D eigenvalue weighted by Crippen LogP contribution is -2.32. The van der Waals surface area contributed by atoms with Crippen LogP contribution in [0.1, 0.15) is 13.3 Å². The maximum absolute atomic E-state index is 10.8. The average Bonchev–Trinajstić information content (AvgIpc) is 1.89. The van der Waals surface area contributed by atoms with E-state index in [-0.39, 0.29) is 5.97 Å². The van der Waals surface area contributed by atoms with Gasteiger partial charge in [0.2, 0.25) is 0 Å². The Hall–Kier alpha value is -0.220. The van der Waals surface area contributed by atoms with Crippen molar-refractivity contribution >= 4 is 18.6 Å². The normalized spacial score (nSPS) is 12.7. The summed E-state index contributed by atoms with van der Waals surface area (Å²) >= 11 is 3.93. The summed E-state index contributed by atoms with van der Waals surface area (Å²) < 4.78 is 4.66. The molecule has 0 aromatic rings. The van der Waals surface area contributed by atoms with Crippen molar-refractivity contribution in [2.24, 2.45) is 5.73 Å². The van der Waals surface area contributed by atoms with E-state index in [9.17, 15) is 4.79 Å². The highest BCUT2D eigenvalue weighted by Gasteiger charge is 2.12. The van der Waals surface area contributed by atoms with E-state index in [1.807, 2.05) is 0 Å². The highest BCUT2D eigenvalue weighted by molar-refractivity contribution is 7.80. The second kappa shape index (κ2) is 5.56. The van der Waals surface area contributed by atoms with Crippen LogP contribution in [-0.2, 0) is 9.53 Å². The SMILES string of the molecule is CCOC(=O)C(N)CCS. The monoisotopic (exact) mass is 163 g/mol. The van der Waals surface area contributed by atoms with Gasteiger partial charge in [0, 0.05) is 0 Å². The molecule has 0 spiro atoms. The topological polar surface area (TPSA) is 52.3 Å². The molecule has 0 saturated carbocycles. The van der Waals surface area contributed by atoms with E-state index in [0.717, 1.165) is 0 Å². The number of carbonyl (C=O) groups excluding carboxylic acids is 1. The Morgan fingerprint density at radius 2 is 2.40 bits per heavy atom. The van der Waals surface area contributed by atoms with Crippen LogP contribution in [0.4, 0.5) is 0 Å². The molecule has 0 bridgehead atoms. The molecule has 0 amide bonds. The fourth-order valence-electron chi connectivity index (χ4n) is 0.506. The highest BCUT2D eigenvalue weighted by Crippen LogP contribution is 1.93. The third-order valence-electron chi connectivity index (χ3n) is 1.03. The van der Waals surface area contributed by atoms with Gasteiger partial charge in [0.25, 0.3) is 0 Å². The minimum absolute atomic E-state index is 0.337. The fourth-order valence-corrected chi connectivity index (χ4v) is 0.784. The van der Waals surface area contributed by atoms with Gasteiger partial charge >= 0.3 is 5.97 Å². The molecule has 1 atom stereocenters. The van der Waals surface area contributed by atoms with Gasteiger partial charge in [0.05, 0.1) is 6.61 Å². The molecule has 0 aromatic carbocycles. The second-order valence-electron chi connectivity index (χ2n) is 1.87. The molecule has 0 saturated heterocycles. The lowest BCUT2D eigenvalue weighted by molar-refractivity contribution is -0.144. The summed E-state index contributed by atoms with van der Waals surface area (Å²) in [5.41, 5.74) is 5.39. The molecule has 0 radical (unpaired) electrons. The smallest absolute Gasteiger partial charge is 0.322 e. The number of carbonyl (C=O) groups is 1. The Labute approximate surface area is 66.3 Å². The van der Waals surface area contributed by atoms with Gasteiger partial charge in [0.15, 0.2) is 0 Å². The van der Waals surface area contributed by atoms with E-state index in [2.05, 4.69) is 17.4 Å². The lowest BCUT2D eigenvalue weighted by Gasteiger charge is -2.07. The molecule has 3 nitrogen and oxygen atoms in total. The zero-order valence-corrected chi connectivity index (χ0v) is 6.93. The predicted molar refractivity (Wildman–Crippen MR) is 43.1 cm³/mol. The number of rotatable bonds is 4. The van der Waals surface area contributed by atoms with Crippen LogP contribution in [0.15, 0.2) is 0 Å². The van der Waals surface area contributed by atoms with Gasteiger partial charge in [-0.05, 0) is 19.1 Å². The molecule has 4 heteroatoms. The van der Waals surface area contributed by atoms with Gasteiger partial charge in [-0.15, -0.1) is 0 Å². The van der Waals surface area contributed by atoms with Gasteiger partial charge in [-0.3, -0.25) is 4.79 Å². The van der Waals surface area contributed by atoms with Crippen LogP contribution in [0, 0.1) is 0 Å². The lowest BCUT2D eigenvalue weighted by atomic mass is 10.2. The van der Waals surface area contributed by atoms with Gasteiger partial charge in [-0.25, -0.2) is 0 Å². The molecule has 60 valence electrons. The molecule has 0 aliphatic rings. The van der Waals surface area contributed by atoms with E-state index in [0.29, 0.717) is 18.8 Å². The van der Waals surface area contributed by atoms with Crippen LogP contribution in [0.2, 0.25) is 0 Å². The average molecular weight is 163 g/mol. The molecule has 0 aliphatic carbocycles. The molecular weight excluding hydrogens is 150 g/mol. The summed E-state index contributed by atoms with van der Waals surface area (Å²) in [7, 11) is 0. The zero-order chi connectivity index (χ0) is 7.98. The quantitative estimate of drug-likeness (QED) is 0.460. The van der Waals surface area contributed by atoms with Crippen LogP contribution in [-0.4, -0.2) is 24.4 Å². The maximum Gasteiger partial charge on any atom is 0.322 e. The van der Waals surface area contributed by atoms with Crippen LogP contribution in [0.3, 0.4) is 0 Å². The van der Waals surface area contributed by atoms with Gasteiger partial charge in [0.1, 0.15) is 6.04 Å². The van der Waals surface area contributed by atoms with Gasteiger partial charge in [-0.2, -0.15) is 12.6 Å². The predicted octanol–water partition coefficient (Wildman–Crippen LogP) is 0.197. The first-order valence-corrected chi connectivity index (χ1v) is 3.88. The number of hydrogen-bond donors (Lipinski definition) is 2. The zero-order valence-electron chi connectivity index (χ0n) is 6.04. The molecule has 0 aliphatic heterocycles. The Morgan fingerprint density at radius 3 is 2.80 bits per heavy atom. The molecule has 1 unspecified atom stereocenters. The van der Waals surface area contributed by atoms with E-state index >= 15 is 0 Å². The van der Waals surface area contributed by atoms with Crippen molar-refractivity contribution in [1.29, 1.82) is 0 Å². The summed E-state index contributed by atoms with van der Waals surface area (Å²) in [4.78, 5) is 10.8. The molecule has 10 heavy (non-hydrogen) atoms. The Kier molecular flexibility index (Phi) is 5.43. The van der Waals surface area contributed by atoms with Crippen LogP contribution >= 0.6 is 12.6 Å². The minimum atomic E-state index is -0.502. The number of thiol groups is 1. The van der Waals surface area contributed by atoms with Crippen molar-refractivity contribution < 1.29 is 9.53 Å². The fraction of sp³-hybridized carbons (Fsp3) is 0.833. The number of nitrogens with two attached hydrogens (primary N) is 1. The van der Waals surface area contributed by atoms with Gasteiger partial charge < -0.3 is 10.5 Å². The van der Waals surface area contributed by atoms with Gasteiger partial charge in [-0.1, -0.05) is 0 Å². The minimum Gasteiger partial charge on any atom is -0.465 e. The highest BCUT2D eigenvalue weighted by atomic mass is 32.1. The molecule has 2 N–H and O–H groups in total. The van der Waals surface area contributed by atoms with Crippen molar-refractivity contribution in [3.63, 3.8) is 0 Å². The standard InChI is InChI=1S/C6H13NO2S/c1-2-9-6(8)5(7)3-4-10/h5,10H,2-4,7H2,1H3. The molecule has 0 aromatic heterocycles. The first kappa shape index (κ1) is 9.78. The van der Waals surface area contributed by atoms with Crippen molar-refractivity contribution in [3.8, 4) is 0 Å². The third kappa shape index (κ3) is 3.74. The van der Waals surface area contributed by atoms with Crippen LogP contribution < -0.4 is 5.73 Å². The Bertz CT molecular complexity index is 108. The summed E-state index contributed by atoms with van der Waals surface area (Å²) in [5, 5.41) is 0. The summed E-state index contributed by atoms with van der Waals surface area (Å²) in [5.74, 6) is 0.275. The van der Waals surface area contributed by atoms with Crippen molar-refractivity contribution in [2.75, 3.05) is 12.4 Å². The van der Waals surface area contributed by atoms with E-state index in [1.54, 1.807) is 6.92 Å². The Morgan fingerprint density at radius 1 is 1.80 bits per heavy atom. The number of esters is 1.